The largest absolute Gasteiger partial charge is 0.386 e. The van der Waals surface area contributed by atoms with Crippen molar-refractivity contribution in [2.75, 3.05) is 19.6 Å². The molecule has 0 unspecified atom stereocenters. The van der Waals surface area contributed by atoms with Crippen LogP contribution in [0, 0.1) is 0 Å². The average Bonchev–Trinajstić information content (AvgIpc) is 2.33. The van der Waals surface area contributed by atoms with Crippen LogP contribution >= 0.6 is 0 Å². The molecule has 0 aliphatic carbocycles. The zero-order chi connectivity index (χ0) is 6.10. The van der Waals surface area contributed by atoms with Crippen LogP contribution in [-0.4, -0.2) is 30.7 Å². The molecule has 0 bridgehead atoms. The van der Waals surface area contributed by atoms with Crippen molar-refractivity contribution in [2.45, 2.75) is 0 Å². The molecular weight excluding hydrogens is 114 g/mol. The summed E-state index contributed by atoms with van der Waals surface area (Å²) in [7, 11) is 0. The van der Waals surface area contributed by atoms with Gasteiger partial charge in [0.15, 0.2) is 0 Å². The fraction of sp³-hybridized carbons (Fsp3) is 0.500. The molecule has 1 N–H and O–H groups in total. The summed E-state index contributed by atoms with van der Waals surface area (Å²) in [5.74, 6) is 1.08. The topological polar surface area (TPSA) is 27.6 Å². The Kier molecular flexibility index (Phi) is 0.946. The number of aliphatic imine (C=N–C) groups is 1. The Morgan fingerprint density at radius 2 is 2.67 bits per heavy atom. The molecule has 0 radical (unpaired) electrons. The van der Waals surface area contributed by atoms with Crippen LogP contribution in [0.2, 0.25) is 0 Å². The molecule has 2 rings (SSSR count). The zero-order valence-electron chi connectivity index (χ0n) is 5.17. The molecule has 0 amide bonds. The highest BCUT2D eigenvalue weighted by Gasteiger charge is 2.14. The molecule has 0 aromatic heterocycles. The molecule has 9 heavy (non-hydrogen) atoms. The molecule has 0 saturated heterocycles. The lowest BCUT2D eigenvalue weighted by Gasteiger charge is -2.22. The van der Waals surface area contributed by atoms with Crippen molar-refractivity contribution < 1.29 is 0 Å². The third kappa shape index (κ3) is 0.686. The van der Waals surface area contributed by atoms with Crippen molar-refractivity contribution in [1.82, 2.24) is 10.2 Å². The second kappa shape index (κ2) is 1.76. The highest BCUT2D eigenvalue weighted by atomic mass is 15.3. The van der Waals surface area contributed by atoms with E-state index in [1.54, 1.807) is 0 Å². The van der Waals surface area contributed by atoms with Crippen LogP contribution in [0.15, 0.2) is 17.0 Å². The van der Waals surface area contributed by atoms with Crippen LogP contribution in [0.3, 0.4) is 0 Å². The van der Waals surface area contributed by atoms with Crippen molar-refractivity contribution in [3.05, 3.63) is 12.0 Å². The van der Waals surface area contributed by atoms with Gasteiger partial charge in [-0.15, -0.1) is 0 Å². The van der Waals surface area contributed by atoms with Crippen LogP contribution in [-0.2, 0) is 0 Å². The van der Waals surface area contributed by atoms with E-state index in [2.05, 4.69) is 15.2 Å². The average molecular weight is 123 g/mol. The molecule has 2 heterocycles. The van der Waals surface area contributed by atoms with Crippen molar-refractivity contribution in [3.63, 3.8) is 0 Å². The van der Waals surface area contributed by atoms with Crippen LogP contribution in [0.25, 0.3) is 0 Å². The zero-order valence-corrected chi connectivity index (χ0v) is 5.17. The maximum absolute atomic E-state index is 4.16. The van der Waals surface area contributed by atoms with Gasteiger partial charge in [0.25, 0.3) is 0 Å². The highest BCUT2D eigenvalue weighted by Crippen LogP contribution is 2.10. The smallest absolute Gasteiger partial charge is 0.144 e. The lowest BCUT2D eigenvalue weighted by molar-refractivity contribution is 0.383. The lowest BCUT2D eigenvalue weighted by Crippen LogP contribution is -2.33. The Labute approximate surface area is 54.1 Å². The first-order valence-electron chi connectivity index (χ1n) is 3.18. The summed E-state index contributed by atoms with van der Waals surface area (Å²) >= 11 is 0. The molecule has 3 nitrogen and oxygen atoms in total. The molecule has 0 aromatic carbocycles. The summed E-state index contributed by atoms with van der Waals surface area (Å²) in [6.07, 6.45) is 3.91. The van der Waals surface area contributed by atoms with Gasteiger partial charge in [0, 0.05) is 25.5 Å². The van der Waals surface area contributed by atoms with Crippen molar-refractivity contribution in [2.24, 2.45) is 4.99 Å². The lowest BCUT2D eigenvalue weighted by atomic mass is 10.4. The molecule has 2 aliphatic rings. The number of nitrogens with zero attached hydrogens (tertiary/aromatic N) is 2. The van der Waals surface area contributed by atoms with Crippen LogP contribution in [0.4, 0.5) is 0 Å². The Morgan fingerprint density at radius 1 is 1.67 bits per heavy atom. The van der Waals surface area contributed by atoms with Crippen LogP contribution in [0.1, 0.15) is 0 Å². The minimum absolute atomic E-state index is 0.994. The van der Waals surface area contributed by atoms with E-state index in [1.807, 2.05) is 12.4 Å². The Bertz CT molecular complexity index is 171. The molecule has 48 valence electrons. The minimum Gasteiger partial charge on any atom is -0.386 e. The maximum Gasteiger partial charge on any atom is 0.144 e. The highest BCUT2D eigenvalue weighted by molar-refractivity contribution is 5.64. The minimum atomic E-state index is 0.994. The summed E-state index contributed by atoms with van der Waals surface area (Å²) in [5.41, 5.74) is 0. The predicted octanol–water partition coefficient (Wildman–Crippen LogP) is -0.225. The van der Waals surface area contributed by atoms with Crippen molar-refractivity contribution >= 4 is 6.21 Å². The Balaban J connectivity index is 2.23. The number of hydrogen-bond donors (Lipinski definition) is 1. The monoisotopic (exact) mass is 123 g/mol. The van der Waals surface area contributed by atoms with E-state index in [0.717, 1.165) is 25.5 Å². The van der Waals surface area contributed by atoms with Gasteiger partial charge in [-0.3, -0.25) is 0 Å². The third-order valence-electron chi connectivity index (χ3n) is 1.61. The standard InChI is InChI=1S/C6H9N3/c1-3-9-4-2-8-6(9)5-7-1/h2,5,7H,1,3-4H2. The van der Waals surface area contributed by atoms with Gasteiger partial charge < -0.3 is 10.2 Å². The molecule has 0 spiro atoms. The molecule has 0 saturated carbocycles. The molecule has 3 heteroatoms. The van der Waals surface area contributed by atoms with Crippen molar-refractivity contribution in [3.8, 4) is 0 Å². The predicted molar refractivity (Wildman–Crippen MR) is 36.2 cm³/mol. The first-order valence-corrected chi connectivity index (χ1v) is 3.18. The van der Waals surface area contributed by atoms with E-state index < -0.39 is 0 Å². The molecular formula is C6H9N3. The Morgan fingerprint density at radius 3 is 3.56 bits per heavy atom. The first kappa shape index (κ1) is 4.85. The quantitative estimate of drug-likeness (QED) is 0.482. The number of fused-ring (bicyclic) bond motifs is 1. The fourth-order valence-electron chi connectivity index (χ4n) is 1.11. The van der Waals surface area contributed by atoms with E-state index in [0.29, 0.717) is 0 Å². The van der Waals surface area contributed by atoms with Gasteiger partial charge in [-0.1, -0.05) is 0 Å². The van der Waals surface area contributed by atoms with E-state index in [9.17, 15) is 0 Å². The van der Waals surface area contributed by atoms with E-state index in [-0.39, 0.29) is 0 Å². The van der Waals surface area contributed by atoms with Gasteiger partial charge >= 0.3 is 0 Å². The summed E-state index contributed by atoms with van der Waals surface area (Å²) in [4.78, 5) is 6.40. The summed E-state index contributed by atoms with van der Waals surface area (Å²) in [6, 6.07) is 0. The summed E-state index contributed by atoms with van der Waals surface area (Å²) in [5, 5.41) is 3.14. The second-order valence-electron chi connectivity index (χ2n) is 2.21. The normalized spacial score (nSPS) is 23.1. The molecule has 0 fully saturated rings. The van der Waals surface area contributed by atoms with Gasteiger partial charge in [-0.2, -0.15) is 0 Å². The number of hydrogen-bond acceptors (Lipinski definition) is 3. The van der Waals surface area contributed by atoms with Gasteiger partial charge in [0.05, 0.1) is 6.54 Å². The molecule has 2 aliphatic heterocycles. The molecule has 0 atom stereocenters. The van der Waals surface area contributed by atoms with Gasteiger partial charge in [-0.05, 0) is 0 Å². The second-order valence-corrected chi connectivity index (χ2v) is 2.21. The SMILES string of the molecule is C1=NC2=CNCCN2C1. The van der Waals surface area contributed by atoms with E-state index >= 15 is 0 Å². The van der Waals surface area contributed by atoms with Gasteiger partial charge in [0.1, 0.15) is 5.82 Å². The maximum atomic E-state index is 4.16. The summed E-state index contributed by atoms with van der Waals surface area (Å²) < 4.78 is 0. The van der Waals surface area contributed by atoms with Crippen LogP contribution in [0.5, 0.6) is 0 Å². The Hall–Kier alpha value is -0.990. The van der Waals surface area contributed by atoms with Crippen molar-refractivity contribution in [1.29, 1.82) is 0 Å². The number of nitrogens with one attached hydrogen (secondary N) is 1. The number of rotatable bonds is 0. The van der Waals surface area contributed by atoms with Gasteiger partial charge in [-0.25, -0.2) is 4.99 Å². The summed E-state index contributed by atoms with van der Waals surface area (Å²) in [6.45, 7) is 3.13. The third-order valence-corrected chi connectivity index (χ3v) is 1.61. The van der Waals surface area contributed by atoms with E-state index in [1.165, 1.54) is 0 Å². The van der Waals surface area contributed by atoms with E-state index in [4.69, 9.17) is 0 Å². The fourth-order valence-corrected chi connectivity index (χ4v) is 1.11. The van der Waals surface area contributed by atoms with Gasteiger partial charge in [0.2, 0.25) is 0 Å². The van der Waals surface area contributed by atoms with Crippen LogP contribution < -0.4 is 5.32 Å². The first-order chi connectivity index (χ1) is 4.47. The molecule has 0 aromatic rings.